The molecule has 1 heterocycles. The van der Waals surface area contributed by atoms with Crippen molar-refractivity contribution in [2.24, 2.45) is 7.05 Å². The molecule has 1 amide bonds. The topological polar surface area (TPSA) is 84.3 Å². The molecule has 0 aliphatic heterocycles. The monoisotopic (exact) mass is 322 g/mol. The van der Waals surface area contributed by atoms with E-state index in [4.69, 9.17) is 0 Å². The van der Waals surface area contributed by atoms with Gasteiger partial charge in [0.1, 0.15) is 6.04 Å². The minimum absolute atomic E-state index is 0.360. The Morgan fingerprint density at radius 1 is 1.32 bits per heavy atom. The lowest BCUT2D eigenvalue weighted by atomic mass is 10.2. The van der Waals surface area contributed by atoms with E-state index in [1.807, 2.05) is 0 Å². The highest BCUT2D eigenvalue weighted by Gasteiger charge is 2.29. The van der Waals surface area contributed by atoms with Gasteiger partial charge in [0, 0.05) is 19.4 Å². The number of rotatable bonds is 5. The summed E-state index contributed by atoms with van der Waals surface area (Å²) in [6.45, 7) is 1.53. The molecule has 7 nitrogen and oxygen atoms in total. The maximum Gasteiger partial charge on any atom is 0.250 e. The number of hydrogen-bond acceptors (Lipinski definition) is 4. The molecule has 1 aromatic carbocycles. The standard InChI is InChI=1S/C14H18N4O3S/c1-11(13(19)16-14-15-9-10-17(14)2)18(22(3,20)21)12-7-5-4-6-8-12/h4-11H,1-3H3,(H,15,16,19). The Morgan fingerprint density at radius 3 is 2.45 bits per heavy atom. The summed E-state index contributed by atoms with van der Waals surface area (Å²) >= 11 is 0. The second kappa shape index (κ2) is 6.18. The zero-order valence-corrected chi connectivity index (χ0v) is 13.4. The van der Waals surface area contributed by atoms with Gasteiger partial charge >= 0.3 is 0 Å². The van der Waals surface area contributed by atoms with Gasteiger partial charge in [-0.1, -0.05) is 18.2 Å². The summed E-state index contributed by atoms with van der Waals surface area (Å²) in [5, 5.41) is 2.62. The summed E-state index contributed by atoms with van der Waals surface area (Å²) in [4.78, 5) is 16.3. The minimum Gasteiger partial charge on any atom is -0.320 e. The van der Waals surface area contributed by atoms with Gasteiger partial charge in [0.2, 0.25) is 21.9 Å². The van der Waals surface area contributed by atoms with E-state index in [0.29, 0.717) is 11.6 Å². The quantitative estimate of drug-likeness (QED) is 0.897. The predicted octanol–water partition coefficient (Wildman–Crippen LogP) is 1.21. The fourth-order valence-electron chi connectivity index (χ4n) is 2.08. The molecule has 0 spiro atoms. The third-order valence-electron chi connectivity index (χ3n) is 3.16. The Labute approximate surface area is 129 Å². The SMILES string of the molecule is CC(C(=O)Nc1nccn1C)N(c1ccccc1)S(C)(=O)=O. The molecule has 0 saturated carbocycles. The average Bonchev–Trinajstić information content (AvgIpc) is 2.84. The summed E-state index contributed by atoms with van der Waals surface area (Å²) in [5.74, 6) is -0.0954. The van der Waals surface area contributed by atoms with Gasteiger partial charge in [-0.2, -0.15) is 0 Å². The van der Waals surface area contributed by atoms with E-state index >= 15 is 0 Å². The number of nitrogens with one attached hydrogen (secondary N) is 1. The van der Waals surface area contributed by atoms with Crippen molar-refractivity contribution >= 4 is 27.6 Å². The highest BCUT2D eigenvalue weighted by atomic mass is 32.2. The summed E-state index contributed by atoms with van der Waals surface area (Å²) < 4.78 is 26.9. The summed E-state index contributed by atoms with van der Waals surface area (Å²) in [6, 6.07) is 7.60. The van der Waals surface area contributed by atoms with Crippen LogP contribution in [0.25, 0.3) is 0 Å². The molecule has 1 unspecified atom stereocenters. The predicted molar refractivity (Wildman–Crippen MR) is 85.1 cm³/mol. The Morgan fingerprint density at radius 2 is 1.95 bits per heavy atom. The number of carbonyl (C=O) groups excluding carboxylic acids is 1. The number of anilines is 2. The molecular weight excluding hydrogens is 304 g/mol. The van der Waals surface area contributed by atoms with Crippen LogP contribution in [-0.2, 0) is 21.9 Å². The molecule has 1 atom stereocenters. The van der Waals surface area contributed by atoms with Crippen LogP contribution in [0.15, 0.2) is 42.7 Å². The Hall–Kier alpha value is -2.35. The van der Waals surface area contributed by atoms with Crippen molar-refractivity contribution < 1.29 is 13.2 Å². The highest BCUT2D eigenvalue weighted by Crippen LogP contribution is 2.20. The molecule has 2 aromatic rings. The third kappa shape index (κ3) is 3.45. The van der Waals surface area contributed by atoms with Crippen LogP contribution in [0.5, 0.6) is 0 Å². The van der Waals surface area contributed by atoms with E-state index < -0.39 is 22.0 Å². The van der Waals surface area contributed by atoms with E-state index in [1.165, 1.54) is 6.92 Å². The molecule has 0 bridgehead atoms. The first-order chi connectivity index (χ1) is 10.3. The van der Waals surface area contributed by atoms with Crippen molar-refractivity contribution in [2.75, 3.05) is 15.9 Å². The molecular formula is C14H18N4O3S. The summed E-state index contributed by atoms with van der Waals surface area (Å²) in [6.07, 6.45) is 4.31. The van der Waals surface area contributed by atoms with Gasteiger partial charge in [-0.25, -0.2) is 13.4 Å². The lowest BCUT2D eigenvalue weighted by Crippen LogP contribution is -2.45. The van der Waals surface area contributed by atoms with Gasteiger partial charge in [0.25, 0.3) is 0 Å². The van der Waals surface area contributed by atoms with Crippen molar-refractivity contribution in [3.8, 4) is 0 Å². The van der Waals surface area contributed by atoms with Crippen molar-refractivity contribution in [3.63, 3.8) is 0 Å². The fraction of sp³-hybridized carbons (Fsp3) is 0.286. The molecule has 0 aliphatic carbocycles. The average molecular weight is 322 g/mol. The number of carbonyl (C=O) groups is 1. The molecule has 0 fully saturated rings. The van der Waals surface area contributed by atoms with Crippen molar-refractivity contribution in [2.45, 2.75) is 13.0 Å². The van der Waals surface area contributed by atoms with Gasteiger partial charge in [-0.15, -0.1) is 0 Å². The molecule has 8 heteroatoms. The van der Waals surface area contributed by atoms with E-state index in [0.717, 1.165) is 10.6 Å². The van der Waals surface area contributed by atoms with Crippen molar-refractivity contribution in [3.05, 3.63) is 42.7 Å². The second-order valence-corrected chi connectivity index (χ2v) is 6.78. The largest absolute Gasteiger partial charge is 0.320 e. The molecule has 1 aromatic heterocycles. The fourth-order valence-corrected chi connectivity index (χ4v) is 3.26. The highest BCUT2D eigenvalue weighted by molar-refractivity contribution is 7.92. The number of para-hydroxylation sites is 1. The Balaban J connectivity index is 2.28. The van der Waals surface area contributed by atoms with Crippen LogP contribution in [-0.4, -0.2) is 36.2 Å². The van der Waals surface area contributed by atoms with Gasteiger partial charge in [-0.05, 0) is 19.1 Å². The summed E-state index contributed by atoms with van der Waals surface area (Å²) in [7, 11) is -1.87. The van der Waals surface area contributed by atoms with Crippen LogP contribution in [0.2, 0.25) is 0 Å². The molecule has 1 N–H and O–H groups in total. The molecule has 0 aliphatic rings. The molecule has 118 valence electrons. The van der Waals surface area contributed by atoms with Gasteiger partial charge < -0.3 is 4.57 Å². The van der Waals surface area contributed by atoms with E-state index in [1.54, 1.807) is 54.3 Å². The van der Waals surface area contributed by atoms with Crippen LogP contribution < -0.4 is 9.62 Å². The van der Waals surface area contributed by atoms with Crippen molar-refractivity contribution in [1.29, 1.82) is 0 Å². The number of aromatic nitrogens is 2. The lowest BCUT2D eigenvalue weighted by Gasteiger charge is -2.28. The Kier molecular flexibility index (Phi) is 4.51. The van der Waals surface area contributed by atoms with Gasteiger partial charge in [0.05, 0.1) is 11.9 Å². The minimum atomic E-state index is -3.61. The molecule has 22 heavy (non-hydrogen) atoms. The second-order valence-electron chi connectivity index (χ2n) is 4.92. The zero-order valence-electron chi connectivity index (χ0n) is 12.6. The maximum absolute atomic E-state index is 12.4. The molecule has 2 rings (SSSR count). The van der Waals surface area contributed by atoms with E-state index in [9.17, 15) is 13.2 Å². The number of amides is 1. The zero-order chi connectivity index (χ0) is 16.3. The molecule has 0 saturated heterocycles. The van der Waals surface area contributed by atoms with Crippen LogP contribution in [0.4, 0.5) is 11.6 Å². The maximum atomic E-state index is 12.4. The Bertz CT molecular complexity index is 755. The first kappa shape index (κ1) is 16.0. The van der Waals surface area contributed by atoms with Crippen LogP contribution in [0, 0.1) is 0 Å². The summed E-state index contributed by atoms with van der Waals surface area (Å²) in [5.41, 5.74) is 0.437. The smallest absolute Gasteiger partial charge is 0.250 e. The number of imidazole rings is 1. The first-order valence-electron chi connectivity index (χ1n) is 6.63. The first-order valence-corrected chi connectivity index (χ1v) is 8.48. The van der Waals surface area contributed by atoms with Crippen LogP contribution in [0.3, 0.4) is 0 Å². The molecule has 0 radical (unpaired) electrons. The number of aryl methyl sites for hydroxylation is 1. The third-order valence-corrected chi connectivity index (χ3v) is 4.40. The lowest BCUT2D eigenvalue weighted by molar-refractivity contribution is -0.116. The van der Waals surface area contributed by atoms with E-state index in [2.05, 4.69) is 10.3 Å². The van der Waals surface area contributed by atoms with E-state index in [-0.39, 0.29) is 0 Å². The normalized spacial score (nSPS) is 12.7. The van der Waals surface area contributed by atoms with Gasteiger partial charge in [0.15, 0.2) is 0 Å². The number of sulfonamides is 1. The number of benzene rings is 1. The van der Waals surface area contributed by atoms with Gasteiger partial charge in [-0.3, -0.25) is 14.4 Å². The van der Waals surface area contributed by atoms with Crippen molar-refractivity contribution in [1.82, 2.24) is 9.55 Å². The number of nitrogens with zero attached hydrogens (tertiary/aromatic N) is 3. The number of hydrogen-bond donors (Lipinski definition) is 1. The van der Waals surface area contributed by atoms with Crippen LogP contribution in [0.1, 0.15) is 6.92 Å². The van der Waals surface area contributed by atoms with Crippen LogP contribution >= 0.6 is 0 Å².